The summed E-state index contributed by atoms with van der Waals surface area (Å²) in [5.74, 6) is -0.268. The lowest BCUT2D eigenvalue weighted by Gasteiger charge is -2.12. The summed E-state index contributed by atoms with van der Waals surface area (Å²) in [5, 5.41) is 23.1. The van der Waals surface area contributed by atoms with E-state index < -0.39 is 18.2 Å². The Morgan fingerprint density at radius 1 is 1.03 bits per heavy atom. The van der Waals surface area contributed by atoms with Crippen molar-refractivity contribution in [2.24, 2.45) is 0 Å². The first-order valence-corrected chi connectivity index (χ1v) is 11.6. The van der Waals surface area contributed by atoms with Crippen molar-refractivity contribution < 1.29 is 19.7 Å². The first kappa shape index (κ1) is 23.7. The molecule has 0 saturated heterocycles. The van der Waals surface area contributed by atoms with Crippen LogP contribution in [0.25, 0.3) is 33.5 Å². The fourth-order valence-corrected chi connectivity index (χ4v) is 4.64. The van der Waals surface area contributed by atoms with Gasteiger partial charge in [-0.2, -0.15) is 0 Å². The van der Waals surface area contributed by atoms with E-state index in [4.69, 9.17) is 0 Å². The number of ether oxygens (including phenoxy) is 1. The molecule has 176 valence electrons. The second-order valence-corrected chi connectivity index (χ2v) is 8.91. The van der Waals surface area contributed by atoms with E-state index in [9.17, 15) is 15.0 Å². The predicted molar refractivity (Wildman–Crippen MR) is 137 cm³/mol. The maximum absolute atomic E-state index is 11.4. The summed E-state index contributed by atoms with van der Waals surface area (Å²) in [6, 6.07) is 20.8. The monoisotopic (exact) mass is 457 g/mol. The van der Waals surface area contributed by atoms with Crippen molar-refractivity contribution in [2.45, 2.75) is 44.8 Å². The van der Waals surface area contributed by atoms with E-state index in [1.807, 2.05) is 30.3 Å². The number of pyridine rings is 1. The summed E-state index contributed by atoms with van der Waals surface area (Å²) < 4.78 is 6.86. The third-order valence-corrected chi connectivity index (χ3v) is 6.14. The molecular formula is C29H31NO4. The van der Waals surface area contributed by atoms with Crippen LogP contribution in [0, 0.1) is 0 Å². The second kappa shape index (κ2) is 10.2. The van der Waals surface area contributed by atoms with Crippen LogP contribution in [0.5, 0.6) is 0 Å². The largest absolute Gasteiger partial charge is 0.469 e. The van der Waals surface area contributed by atoms with Gasteiger partial charge in [0.1, 0.15) is 0 Å². The molecule has 0 saturated carbocycles. The van der Waals surface area contributed by atoms with Gasteiger partial charge in [-0.3, -0.25) is 4.79 Å². The summed E-state index contributed by atoms with van der Waals surface area (Å²) in [4.78, 5) is 11.4. The van der Waals surface area contributed by atoms with Crippen LogP contribution < -0.4 is 0 Å². The first-order valence-electron chi connectivity index (χ1n) is 11.6. The number of esters is 1. The summed E-state index contributed by atoms with van der Waals surface area (Å²) in [5.41, 5.74) is 5.54. The van der Waals surface area contributed by atoms with Crippen LogP contribution >= 0.6 is 0 Å². The summed E-state index contributed by atoms with van der Waals surface area (Å²) in [6.45, 7) is 4.33. The van der Waals surface area contributed by atoms with Gasteiger partial charge >= 0.3 is 5.97 Å². The Hall–Kier alpha value is -3.41. The number of hydrogen-bond acceptors (Lipinski definition) is 4. The van der Waals surface area contributed by atoms with Crippen molar-refractivity contribution in [2.75, 3.05) is 7.11 Å². The molecule has 2 unspecified atom stereocenters. The van der Waals surface area contributed by atoms with Crippen LogP contribution in [0.4, 0.5) is 0 Å². The van der Waals surface area contributed by atoms with Gasteiger partial charge < -0.3 is 19.4 Å². The first-order chi connectivity index (χ1) is 16.4. The van der Waals surface area contributed by atoms with Gasteiger partial charge in [-0.25, -0.2) is 0 Å². The number of hydrogen-bond donors (Lipinski definition) is 2. The van der Waals surface area contributed by atoms with Crippen molar-refractivity contribution in [1.82, 2.24) is 4.40 Å². The molecule has 0 aliphatic heterocycles. The molecule has 2 N–H and O–H groups in total. The summed E-state index contributed by atoms with van der Waals surface area (Å²) >= 11 is 0. The number of aromatic nitrogens is 1. The van der Waals surface area contributed by atoms with Gasteiger partial charge in [0.25, 0.3) is 0 Å². The van der Waals surface area contributed by atoms with Crippen LogP contribution in [0.2, 0.25) is 0 Å². The number of benzene rings is 2. The molecule has 5 heteroatoms. The average molecular weight is 458 g/mol. The van der Waals surface area contributed by atoms with E-state index in [1.54, 1.807) is 6.08 Å². The third-order valence-electron chi connectivity index (χ3n) is 6.14. The minimum absolute atomic E-state index is 0.0551. The van der Waals surface area contributed by atoms with Crippen LogP contribution in [-0.4, -0.2) is 39.9 Å². The van der Waals surface area contributed by atoms with E-state index in [0.29, 0.717) is 0 Å². The lowest BCUT2D eigenvalue weighted by atomic mass is 9.95. The smallest absolute Gasteiger partial charge is 0.308 e. The van der Waals surface area contributed by atoms with Crippen molar-refractivity contribution in [3.05, 3.63) is 84.2 Å². The number of carbonyl (C=O) groups is 1. The molecule has 0 spiro atoms. The molecule has 4 aromatic rings. The number of nitrogens with zero attached hydrogens (tertiary/aromatic N) is 1. The molecule has 0 bridgehead atoms. The predicted octanol–water partition coefficient (Wildman–Crippen LogP) is 5.57. The molecule has 34 heavy (non-hydrogen) atoms. The lowest BCUT2D eigenvalue weighted by Crippen LogP contribution is -2.20. The fraction of sp³-hybridized carbons (Fsp3) is 0.276. The zero-order valence-corrected chi connectivity index (χ0v) is 19.8. The lowest BCUT2D eigenvalue weighted by molar-refractivity contribution is -0.143. The van der Waals surface area contributed by atoms with E-state index in [0.717, 1.165) is 27.9 Å². The molecule has 0 radical (unpaired) electrons. The standard InChI is InChI=1S/C29H31NO4/c1-19(2)28-25(14-13-22(31)17-23(32)18-26(33)34-3)27(21-10-5-4-6-11-21)29-24-12-8-7-9-20(24)15-16-30(28)29/h4-16,19,22-23,31-32H,17-18H2,1-3H3. The van der Waals surface area contributed by atoms with Gasteiger partial charge in [0.15, 0.2) is 0 Å². The number of fused-ring (bicyclic) bond motifs is 3. The third kappa shape index (κ3) is 4.76. The Bertz CT molecular complexity index is 1320. The maximum atomic E-state index is 11.4. The van der Waals surface area contributed by atoms with Gasteiger partial charge in [-0.15, -0.1) is 0 Å². The van der Waals surface area contributed by atoms with Crippen LogP contribution in [0.15, 0.2) is 72.9 Å². The summed E-state index contributed by atoms with van der Waals surface area (Å²) in [6.07, 6.45) is 3.82. The highest BCUT2D eigenvalue weighted by Crippen LogP contribution is 2.40. The molecule has 0 fully saturated rings. The van der Waals surface area contributed by atoms with Crippen molar-refractivity contribution in [3.8, 4) is 11.1 Å². The highest BCUT2D eigenvalue weighted by atomic mass is 16.5. The number of aliphatic hydroxyl groups is 2. The highest BCUT2D eigenvalue weighted by molar-refractivity contribution is 6.06. The van der Waals surface area contributed by atoms with Crippen molar-refractivity contribution in [1.29, 1.82) is 0 Å². The molecule has 2 heterocycles. The Morgan fingerprint density at radius 3 is 2.44 bits per heavy atom. The zero-order chi connectivity index (χ0) is 24.2. The van der Waals surface area contributed by atoms with Gasteiger partial charge in [0.2, 0.25) is 0 Å². The zero-order valence-electron chi connectivity index (χ0n) is 19.8. The minimum atomic E-state index is -0.970. The maximum Gasteiger partial charge on any atom is 0.308 e. The molecule has 0 aliphatic rings. The number of rotatable bonds is 8. The van der Waals surface area contributed by atoms with E-state index in [2.05, 4.69) is 65.6 Å². The van der Waals surface area contributed by atoms with Crippen LogP contribution in [0.3, 0.4) is 0 Å². The Kier molecular flexibility index (Phi) is 7.15. The summed E-state index contributed by atoms with van der Waals surface area (Å²) in [7, 11) is 1.28. The van der Waals surface area contributed by atoms with Crippen molar-refractivity contribution >= 4 is 28.3 Å². The molecule has 0 amide bonds. The Morgan fingerprint density at radius 2 is 1.74 bits per heavy atom. The Labute approximate surface area is 199 Å². The van der Waals surface area contributed by atoms with Crippen LogP contribution in [-0.2, 0) is 9.53 Å². The van der Waals surface area contributed by atoms with E-state index >= 15 is 0 Å². The molecule has 4 rings (SSSR count). The Balaban J connectivity index is 1.87. The van der Waals surface area contributed by atoms with Gasteiger partial charge in [0, 0.05) is 34.8 Å². The van der Waals surface area contributed by atoms with E-state index in [1.165, 1.54) is 17.9 Å². The molecule has 2 aromatic heterocycles. The van der Waals surface area contributed by atoms with E-state index in [-0.39, 0.29) is 18.8 Å². The second-order valence-electron chi connectivity index (χ2n) is 8.91. The topological polar surface area (TPSA) is 71.2 Å². The molecular weight excluding hydrogens is 426 g/mol. The fourth-order valence-electron chi connectivity index (χ4n) is 4.64. The van der Waals surface area contributed by atoms with Gasteiger partial charge in [-0.05, 0) is 22.9 Å². The van der Waals surface area contributed by atoms with Crippen LogP contribution in [0.1, 0.15) is 43.9 Å². The molecule has 2 aromatic carbocycles. The van der Waals surface area contributed by atoms with Gasteiger partial charge in [0.05, 0.1) is 31.3 Å². The number of carbonyl (C=O) groups excluding carboxylic acids is 1. The molecule has 5 nitrogen and oxygen atoms in total. The molecule has 2 atom stereocenters. The highest BCUT2D eigenvalue weighted by Gasteiger charge is 2.22. The number of methoxy groups -OCH3 is 1. The minimum Gasteiger partial charge on any atom is -0.469 e. The SMILES string of the molecule is COC(=O)CC(O)CC(O)C=Cc1c(-c2ccccc2)c2c3ccccc3ccn2c1C(C)C. The van der Waals surface area contributed by atoms with Crippen molar-refractivity contribution in [3.63, 3.8) is 0 Å². The normalized spacial score (nSPS) is 13.7. The number of aliphatic hydroxyl groups excluding tert-OH is 2. The van der Waals surface area contributed by atoms with Gasteiger partial charge in [-0.1, -0.05) is 80.6 Å². The average Bonchev–Trinajstić information content (AvgIpc) is 3.18. The quantitative estimate of drug-likeness (QED) is 0.339. The molecule has 0 aliphatic carbocycles.